The monoisotopic (exact) mass is 336 g/mol. The third-order valence-corrected chi connectivity index (χ3v) is 3.77. The highest BCUT2D eigenvalue weighted by molar-refractivity contribution is 7.15. The summed E-state index contributed by atoms with van der Waals surface area (Å²) in [5.74, 6) is -0.301. The number of aliphatic hydroxyl groups excluding tert-OH is 1. The Labute approximate surface area is 137 Å². The van der Waals surface area contributed by atoms with E-state index in [4.69, 9.17) is 5.11 Å². The van der Waals surface area contributed by atoms with Crippen LogP contribution in [0.3, 0.4) is 0 Å². The van der Waals surface area contributed by atoms with Crippen molar-refractivity contribution in [2.24, 2.45) is 0 Å². The number of urea groups is 1. The number of aromatic nitrogens is 2. The van der Waals surface area contributed by atoms with Gasteiger partial charge in [0.2, 0.25) is 5.13 Å². The van der Waals surface area contributed by atoms with Gasteiger partial charge in [0, 0.05) is 19.5 Å². The Morgan fingerprint density at radius 2 is 2.30 bits per heavy atom. The quantitative estimate of drug-likeness (QED) is 0.761. The molecule has 2 amide bonds. The van der Waals surface area contributed by atoms with E-state index in [2.05, 4.69) is 22.1 Å². The summed E-state index contributed by atoms with van der Waals surface area (Å²) in [6.45, 7) is 3.96. The van der Waals surface area contributed by atoms with E-state index in [0.717, 1.165) is 5.56 Å². The predicted molar refractivity (Wildman–Crippen MR) is 87.0 cm³/mol. The van der Waals surface area contributed by atoms with Crippen LogP contribution in [0, 0.1) is 5.82 Å². The van der Waals surface area contributed by atoms with E-state index in [0.29, 0.717) is 23.1 Å². The van der Waals surface area contributed by atoms with E-state index in [-0.39, 0.29) is 25.0 Å². The van der Waals surface area contributed by atoms with Crippen molar-refractivity contribution in [2.45, 2.75) is 6.42 Å². The van der Waals surface area contributed by atoms with E-state index >= 15 is 0 Å². The summed E-state index contributed by atoms with van der Waals surface area (Å²) >= 11 is 1.22. The minimum Gasteiger partial charge on any atom is -0.395 e. The molecule has 0 saturated carbocycles. The lowest BCUT2D eigenvalue weighted by molar-refractivity contribution is 0.195. The number of rotatable bonds is 7. The van der Waals surface area contributed by atoms with Crippen LogP contribution in [0.4, 0.5) is 14.3 Å². The van der Waals surface area contributed by atoms with Gasteiger partial charge in [-0.15, -0.1) is 16.8 Å². The molecule has 6 nitrogen and oxygen atoms in total. The van der Waals surface area contributed by atoms with Crippen molar-refractivity contribution < 1.29 is 14.3 Å². The summed E-state index contributed by atoms with van der Waals surface area (Å²) in [5, 5.41) is 20.5. The molecular weight excluding hydrogens is 319 g/mol. The summed E-state index contributed by atoms with van der Waals surface area (Å²) in [4.78, 5) is 13.5. The average molecular weight is 336 g/mol. The van der Waals surface area contributed by atoms with Crippen LogP contribution in [0.25, 0.3) is 0 Å². The molecule has 2 rings (SSSR count). The third kappa shape index (κ3) is 5.11. The normalized spacial score (nSPS) is 10.3. The van der Waals surface area contributed by atoms with Crippen LogP contribution < -0.4 is 5.32 Å². The van der Waals surface area contributed by atoms with Gasteiger partial charge in [-0.1, -0.05) is 29.5 Å². The highest BCUT2D eigenvalue weighted by Crippen LogP contribution is 2.19. The standard InChI is InChI=1S/C15H17FN4O2S/c1-2-6-20(7-8-21)15(22)17-14-19-18-13(23-14)10-11-4-3-5-12(16)9-11/h2-5,9,21H,1,6-8,10H2,(H,17,19,22). The fourth-order valence-electron chi connectivity index (χ4n) is 1.92. The van der Waals surface area contributed by atoms with Crippen LogP contribution in [0.5, 0.6) is 0 Å². The number of halogens is 1. The third-order valence-electron chi connectivity index (χ3n) is 2.93. The largest absolute Gasteiger partial charge is 0.395 e. The number of anilines is 1. The summed E-state index contributed by atoms with van der Waals surface area (Å²) < 4.78 is 13.2. The Bertz CT molecular complexity index is 677. The Morgan fingerprint density at radius 3 is 3.00 bits per heavy atom. The number of amides is 2. The number of aliphatic hydroxyl groups is 1. The molecule has 2 aromatic rings. The van der Waals surface area contributed by atoms with Crippen LogP contribution in [0.15, 0.2) is 36.9 Å². The molecule has 0 fully saturated rings. The van der Waals surface area contributed by atoms with Crippen molar-refractivity contribution in [1.29, 1.82) is 0 Å². The fourth-order valence-corrected chi connectivity index (χ4v) is 2.68. The van der Waals surface area contributed by atoms with E-state index in [1.54, 1.807) is 18.2 Å². The molecule has 1 heterocycles. The van der Waals surface area contributed by atoms with Crippen molar-refractivity contribution in [3.8, 4) is 0 Å². The predicted octanol–water partition coefficient (Wildman–Crippen LogP) is 2.28. The molecule has 0 saturated heterocycles. The SMILES string of the molecule is C=CCN(CCO)C(=O)Nc1nnc(Cc2cccc(F)c2)s1. The number of hydrogen-bond donors (Lipinski definition) is 2. The topological polar surface area (TPSA) is 78.4 Å². The van der Waals surface area contributed by atoms with Crippen LogP contribution in [-0.2, 0) is 6.42 Å². The second-order valence-electron chi connectivity index (χ2n) is 4.70. The summed E-state index contributed by atoms with van der Waals surface area (Å²) in [6.07, 6.45) is 2.02. The molecule has 1 aromatic carbocycles. The lowest BCUT2D eigenvalue weighted by Crippen LogP contribution is -2.37. The molecular formula is C15H17FN4O2S. The summed E-state index contributed by atoms with van der Waals surface area (Å²) in [6, 6.07) is 5.87. The number of nitrogens with one attached hydrogen (secondary N) is 1. The Morgan fingerprint density at radius 1 is 1.48 bits per heavy atom. The van der Waals surface area contributed by atoms with E-state index in [1.807, 2.05) is 0 Å². The van der Waals surface area contributed by atoms with Gasteiger partial charge in [-0.25, -0.2) is 9.18 Å². The fraction of sp³-hybridized carbons (Fsp3) is 0.267. The molecule has 0 spiro atoms. The van der Waals surface area contributed by atoms with Crippen molar-refractivity contribution in [1.82, 2.24) is 15.1 Å². The number of hydrogen-bond acceptors (Lipinski definition) is 5. The zero-order valence-electron chi connectivity index (χ0n) is 12.4. The van der Waals surface area contributed by atoms with Crippen LogP contribution in [0.2, 0.25) is 0 Å². The van der Waals surface area contributed by atoms with Crippen LogP contribution in [-0.4, -0.2) is 45.9 Å². The number of nitrogens with zero attached hydrogens (tertiary/aromatic N) is 3. The Hall–Kier alpha value is -2.32. The lowest BCUT2D eigenvalue weighted by Gasteiger charge is -2.19. The lowest BCUT2D eigenvalue weighted by atomic mass is 10.1. The first kappa shape index (κ1) is 17.0. The molecule has 1 aromatic heterocycles. The average Bonchev–Trinajstić information content (AvgIpc) is 2.94. The zero-order chi connectivity index (χ0) is 16.7. The second-order valence-corrected chi connectivity index (χ2v) is 5.76. The first-order valence-corrected chi connectivity index (χ1v) is 7.78. The Kier molecular flexibility index (Phi) is 6.19. The summed E-state index contributed by atoms with van der Waals surface area (Å²) in [7, 11) is 0. The van der Waals surface area contributed by atoms with Gasteiger partial charge < -0.3 is 10.0 Å². The molecule has 0 aliphatic heterocycles. The highest BCUT2D eigenvalue weighted by Gasteiger charge is 2.14. The van der Waals surface area contributed by atoms with E-state index in [1.165, 1.54) is 28.4 Å². The maximum absolute atomic E-state index is 13.2. The van der Waals surface area contributed by atoms with Crippen LogP contribution >= 0.6 is 11.3 Å². The minimum absolute atomic E-state index is 0.137. The van der Waals surface area contributed by atoms with Gasteiger partial charge in [-0.2, -0.15) is 0 Å². The second kappa shape index (κ2) is 8.35. The van der Waals surface area contributed by atoms with Crippen molar-refractivity contribution in [2.75, 3.05) is 25.0 Å². The molecule has 0 radical (unpaired) electrons. The van der Waals surface area contributed by atoms with E-state index in [9.17, 15) is 9.18 Å². The maximum Gasteiger partial charge on any atom is 0.324 e. The van der Waals surface area contributed by atoms with Crippen molar-refractivity contribution in [3.05, 3.63) is 53.3 Å². The zero-order valence-corrected chi connectivity index (χ0v) is 13.2. The molecule has 0 atom stereocenters. The summed E-state index contributed by atoms with van der Waals surface area (Å²) in [5.41, 5.74) is 0.785. The number of carbonyl (C=O) groups excluding carboxylic acids is 1. The molecule has 23 heavy (non-hydrogen) atoms. The van der Waals surface area contributed by atoms with Gasteiger partial charge in [0.1, 0.15) is 10.8 Å². The van der Waals surface area contributed by atoms with Gasteiger partial charge >= 0.3 is 6.03 Å². The highest BCUT2D eigenvalue weighted by atomic mass is 32.1. The number of benzene rings is 1. The smallest absolute Gasteiger partial charge is 0.324 e. The van der Waals surface area contributed by atoms with Crippen molar-refractivity contribution in [3.63, 3.8) is 0 Å². The molecule has 0 unspecified atom stereocenters. The van der Waals surface area contributed by atoms with Crippen LogP contribution in [0.1, 0.15) is 10.6 Å². The number of carbonyl (C=O) groups is 1. The first-order valence-electron chi connectivity index (χ1n) is 6.97. The molecule has 0 bridgehead atoms. The minimum atomic E-state index is -0.382. The Balaban J connectivity index is 1.98. The molecule has 8 heteroatoms. The van der Waals surface area contributed by atoms with Gasteiger partial charge in [-0.05, 0) is 17.7 Å². The molecule has 0 aliphatic rings. The van der Waals surface area contributed by atoms with Gasteiger partial charge in [0.25, 0.3) is 0 Å². The van der Waals surface area contributed by atoms with E-state index < -0.39 is 0 Å². The van der Waals surface area contributed by atoms with Gasteiger partial charge in [-0.3, -0.25) is 5.32 Å². The van der Waals surface area contributed by atoms with Gasteiger partial charge in [0.05, 0.1) is 6.61 Å². The van der Waals surface area contributed by atoms with Gasteiger partial charge in [0.15, 0.2) is 0 Å². The molecule has 0 aliphatic carbocycles. The maximum atomic E-state index is 13.2. The van der Waals surface area contributed by atoms with Crippen molar-refractivity contribution >= 4 is 22.5 Å². The first-order chi connectivity index (χ1) is 11.1. The molecule has 122 valence electrons. The molecule has 2 N–H and O–H groups in total.